The van der Waals surface area contributed by atoms with E-state index >= 15 is 0 Å². The number of allylic oxidation sites excluding steroid dienone is 1. The highest BCUT2D eigenvalue weighted by Gasteiger charge is 2.73. The zero-order chi connectivity index (χ0) is 26.5. The number of ketones is 1. The Morgan fingerprint density at radius 3 is 2.47 bits per heavy atom. The van der Waals surface area contributed by atoms with Crippen molar-refractivity contribution in [3.8, 4) is 0 Å². The number of fused-ring (bicyclic) bond motifs is 5. The Morgan fingerprint density at radius 2 is 1.81 bits per heavy atom. The van der Waals surface area contributed by atoms with E-state index in [0.29, 0.717) is 38.5 Å². The predicted octanol–water partition coefficient (Wildman–Crippen LogP) is 3.57. The van der Waals surface area contributed by atoms with Gasteiger partial charge in [0.05, 0.1) is 23.4 Å². The molecule has 0 aromatic carbocycles. The molecule has 0 amide bonds. The molecule has 0 radical (unpaired) electrons. The third-order valence-corrected chi connectivity index (χ3v) is 11.9. The highest BCUT2D eigenvalue weighted by molar-refractivity contribution is 7.33. The van der Waals surface area contributed by atoms with Crippen LogP contribution in [0.25, 0.3) is 0 Å². The van der Waals surface area contributed by atoms with Crippen LogP contribution >= 0.6 is 8.25 Å². The average molecular weight is 526 g/mol. The molecule has 3 saturated carbocycles. The van der Waals surface area contributed by atoms with Gasteiger partial charge < -0.3 is 20.4 Å². The summed E-state index contributed by atoms with van der Waals surface area (Å²) in [6, 6.07) is 0. The molecule has 8 nitrogen and oxygen atoms in total. The van der Waals surface area contributed by atoms with E-state index in [1.807, 2.05) is 13.8 Å². The summed E-state index contributed by atoms with van der Waals surface area (Å²) in [7, 11) is -2.30. The molecule has 1 heterocycles. The number of rotatable bonds is 4. The Morgan fingerprint density at radius 1 is 1.11 bits per heavy atom. The molecule has 9 heteroatoms. The number of aliphatic hydroxyl groups excluding tert-OH is 2. The number of aliphatic hydroxyl groups is 4. The fourth-order valence-corrected chi connectivity index (χ4v) is 9.98. The summed E-state index contributed by atoms with van der Waals surface area (Å²) < 4.78 is 24.3. The highest BCUT2D eigenvalue weighted by atomic mass is 31.1. The van der Waals surface area contributed by atoms with Crippen LogP contribution in [0.1, 0.15) is 86.0 Å². The third kappa shape index (κ3) is 3.74. The van der Waals surface area contributed by atoms with E-state index in [4.69, 9.17) is 9.05 Å². The van der Waals surface area contributed by atoms with Crippen molar-refractivity contribution in [1.29, 1.82) is 0 Å². The summed E-state index contributed by atoms with van der Waals surface area (Å²) in [5.74, 6) is -0.664. The van der Waals surface area contributed by atoms with Gasteiger partial charge in [0.15, 0.2) is 17.5 Å². The molecule has 4 aliphatic carbocycles. The lowest BCUT2D eigenvalue weighted by atomic mass is 9.45. The summed E-state index contributed by atoms with van der Waals surface area (Å²) in [4.78, 5) is 13.4. The van der Waals surface area contributed by atoms with E-state index in [1.54, 1.807) is 19.9 Å². The van der Waals surface area contributed by atoms with E-state index in [2.05, 4.69) is 6.92 Å². The lowest BCUT2D eigenvalue weighted by Gasteiger charge is -2.60. The van der Waals surface area contributed by atoms with Crippen molar-refractivity contribution in [3.05, 3.63) is 11.6 Å². The van der Waals surface area contributed by atoms with E-state index in [0.717, 1.165) is 12.0 Å². The summed E-state index contributed by atoms with van der Waals surface area (Å²) in [5.41, 5.74) is -3.42. The summed E-state index contributed by atoms with van der Waals surface area (Å²) in [6.07, 6.45) is 3.43. The minimum atomic E-state index is -2.30. The van der Waals surface area contributed by atoms with Crippen LogP contribution in [-0.2, 0) is 18.4 Å². The van der Waals surface area contributed by atoms with Gasteiger partial charge in [-0.15, -0.1) is 9.05 Å². The SMILES string of the molecule is CC(C)(O)CC[C@H]1O[P+](=O)O[C@]1(C)[C@H]1CC[C@@]2(O)C3=CC(=O)[C@@H]4C[C@@H](O)[C@@H](O)C[C@]4(C)C3CC[C@]12C. The Bertz CT molecular complexity index is 991. The van der Waals surface area contributed by atoms with Gasteiger partial charge in [-0.2, -0.15) is 0 Å². The molecule has 4 N–H and O–H groups in total. The normalized spacial score (nSPS) is 52.0. The third-order valence-electron chi connectivity index (χ3n) is 11.0. The average Bonchev–Trinajstić information content (AvgIpc) is 3.21. The summed E-state index contributed by atoms with van der Waals surface area (Å²) in [6.45, 7) is 9.49. The minimum absolute atomic E-state index is 0.0599. The number of hydrogen-bond donors (Lipinski definition) is 4. The van der Waals surface area contributed by atoms with Crippen molar-refractivity contribution in [3.63, 3.8) is 0 Å². The number of hydrogen-bond acceptors (Lipinski definition) is 8. The number of carbonyl (C=O) groups excluding carboxylic acids is 1. The first-order valence-corrected chi connectivity index (χ1v) is 14.5. The Hall–Kier alpha value is -0.730. The van der Waals surface area contributed by atoms with Gasteiger partial charge in [0.25, 0.3) is 0 Å². The van der Waals surface area contributed by atoms with Crippen LogP contribution in [-0.4, -0.2) is 61.3 Å². The molecule has 5 aliphatic rings. The molecular formula is C27H42O8P+. The molecular weight excluding hydrogens is 483 g/mol. The first kappa shape index (κ1) is 26.9. The molecule has 2 unspecified atom stereocenters. The molecule has 5 rings (SSSR count). The van der Waals surface area contributed by atoms with Crippen molar-refractivity contribution in [2.45, 2.75) is 121 Å². The van der Waals surface area contributed by atoms with Gasteiger partial charge in [-0.3, -0.25) is 4.79 Å². The van der Waals surface area contributed by atoms with Gasteiger partial charge >= 0.3 is 8.25 Å². The molecule has 1 saturated heterocycles. The fourth-order valence-electron chi connectivity index (χ4n) is 8.85. The molecule has 11 atom stereocenters. The molecule has 1 aliphatic heterocycles. The lowest BCUT2D eigenvalue weighted by molar-refractivity contribution is -0.160. The molecule has 0 aromatic rings. The minimum Gasteiger partial charge on any atom is -0.390 e. The monoisotopic (exact) mass is 525 g/mol. The standard InChI is InChI=1S/C27H42O8P/c1-23(2,31)9-8-22-26(5,35-36(33)34-22)21-7-11-27(32)16-12-18(28)17-13-19(29)20(30)14-24(17,3)15(16)6-10-25(21,27)4/h12,15,17,19-22,29-32H,6-11,13-14H2,1-5H3/q+1/t15?,17-,19+,20-,21-,22+,24+,25+,26+,27+/m0/s1. The molecule has 4 fully saturated rings. The van der Waals surface area contributed by atoms with Gasteiger partial charge in [0.2, 0.25) is 0 Å². The molecule has 0 spiro atoms. The fraction of sp³-hybridized carbons (Fsp3) is 0.889. The smallest absolute Gasteiger partial charge is 0.390 e. The van der Waals surface area contributed by atoms with Crippen LogP contribution < -0.4 is 0 Å². The Labute approximate surface area is 214 Å². The quantitative estimate of drug-likeness (QED) is 0.410. The van der Waals surface area contributed by atoms with Gasteiger partial charge in [0, 0.05) is 21.8 Å². The maximum absolute atomic E-state index is 13.4. The van der Waals surface area contributed by atoms with E-state index in [1.165, 1.54) is 0 Å². The van der Waals surface area contributed by atoms with E-state index in [-0.39, 0.29) is 30.0 Å². The first-order valence-electron chi connectivity index (χ1n) is 13.5. The van der Waals surface area contributed by atoms with Crippen LogP contribution in [0.2, 0.25) is 0 Å². The van der Waals surface area contributed by atoms with Crippen molar-refractivity contribution in [2.75, 3.05) is 0 Å². The molecule has 36 heavy (non-hydrogen) atoms. The van der Waals surface area contributed by atoms with Gasteiger partial charge in [0.1, 0.15) is 0 Å². The van der Waals surface area contributed by atoms with Crippen LogP contribution in [0.15, 0.2) is 11.6 Å². The Kier molecular flexibility index (Phi) is 6.25. The summed E-state index contributed by atoms with van der Waals surface area (Å²) in [5, 5.41) is 43.5. The van der Waals surface area contributed by atoms with Crippen molar-refractivity contribution < 1.29 is 38.8 Å². The number of carbonyl (C=O) groups is 1. The van der Waals surface area contributed by atoms with Crippen molar-refractivity contribution in [2.24, 2.45) is 28.6 Å². The first-order chi connectivity index (χ1) is 16.5. The second kappa shape index (κ2) is 8.38. The van der Waals surface area contributed by atoms with E-state index in [9.17, 15) is 29.8 Å². The van der Waals surface area contributed by atoms with Crippen LogP contribution in [0.3, 0.4) is 0 Å². The second-order valence-corrected chi connectivity index (χ2v) is 14.4. The largest absolute Gasteiger partial charge is 0.698 e. The maximum atomic E-state index is 13.4. The molecule has 0 aromatic heterocycles. The summed E-state index contributed by atoms with van der Waals surface area (Å²) >= 11 is 0. The topological polar surface area (TPSA) is 134 Å². The zero-order valence-electron chi connectivity index (χ0n) is 22.1. The molecule has 202 valence electrons. The van der Waals surface area contributed by atoms with E-state index < -0.39 is 54.2 Å². The van der Waals surface area contributed by atoms with Gasteiger partial charge in [-0.05, 0) is 95.1 Å². The maximum Gasteiger partial charge on any atom is 0.698 e. The van der Waals surface area contributed by atoms with Crippen LogP contribution in [0.4, 0.5) is 0 Å². The predicted molar refractivity (Wildman–Crippen MR) is 132 cm³/mol. The highest BCUT2D eigenvalue weighted by Crippen LogP contribution is 2.70. The van der Waals surface area contributed by atoms with Crippen LogP contribution in [0, 0.1) is 28.6 Å². The Balaban J connectivity index is 1.50. The second-order valence-electron chi connectivity index (χ2n) is 13.5. The lowest BCUT2D eigenvalue weighted by Crippen LogP contribution is -2.62. The zero-order valence-corrected chi connectivity index (χ0v) is 23.0. The van der Waals surface area contributed by atoms with Crippen molar-refractivity contribution in [1.82, 2.24) is 0 Å². The van der Waals surface area contributed by atoms with Crippen LogP contribution in [0.5, 0.6) is 0 Å². The van der Waals surface area contributed by atoms with Gasteiger partial charge in [-0.1, -0.05) is 13.8 Å². The van der Waals surface area contributed by atoms with Gasteiger partial charge in [-0.25, -0.2) is 0 Å². The van der Waals surface area contributed by atoms with Crippen molar-refractivity contribution >= 4 is 14.0 Å². The molecule has 0 bridgehead atoms.